The summed E-state index contributed by atoms with van der Waals surface area (Å²) in [6.07, 6.45) is 1.22. The van der Waals surface area contributed by atoms with E-state index in [2.05, 4.69) is 5.32 Å². The standard InChI is InChI=1S/C25H30N2O6/c1-5-27(15-21(28)33-16-18-9-7-6-8-10-18)25(11-12-25)24(30)26-22-17(2)13-19(31-3)14-20(22)23(29)32-4/h6-10,13-14H,5,11-12,15-16H2,1-4H3,(H,26,30). The maximum absolute atomic E-state index is 13.3. The van der Waals surface area contributed by atoms with E-state index in [1.54, 1.807) is 13.0 Å². The Morgan fingerprint density at radius 1 is 1.09 bits per heavy atom. The first-order valence-electron chi connectivity index (χ1n) is 10.9. The molecule has 3 rings (SSSR count). The number of methoxy groups -OCH3 is 2. The lowest BCUT2D eigenvalue weighted by Crippen LogP contribution is -2.49. The first kappa shape index (κ1) is 24.3. The van der Waals surface area contributed by atoms with Gasteiger partial charge in [0.25, 0.3) is 0 Å². The topological polar surface area (TPSA) is 94.2 Å². The van der Waals surface area contributed by atoms with E-state index in [1.807, 2.05) is 42.2 Å². The van der Waals surface area contributed by atoms with Gasteiger partial charge in [-0.1, -0.05) is 37.3 Å². The quantitative estimate of drug-likeness (QED) is 0.550. The molecule has 2 aromatic rings. The van der Waals surface area contributed by atoms with Crippen LogP contribution in [-0.2, 0) is 25.7 Å². The van der Waals surface area contributed by atoms with E-state index >= 15 is 0 Å². The van der Waals surface area contributed by atoms with Gasteiger partial charge in [0, 0.05) is 0 Å². The second-order valence-corrected chi connectivity index (χ2v) is 8.00. The van der Waals surface area contributed by atoms with Crippen molar-refractivity contribution < 1.29 is 28.6 Å². The third-order valence-electron chi connectivity index (χ3n) is 5.88. The molecule has 0 aliphatic heterocycles. The van der Waals surface area contributed by atoms with Crippen molar-refractivity contribution in [3.8, 4) is 5.75 Å². The van der Waals surface area contributed by atoms with Crippen molar-refractivity contribution in [3.63, 3.8) is 0 Å². The summed E-state index contributed by atoms with van der Waals surface area (Å²) >= 11 is 0. The normalized spacial score (nSPS) is 13.8. The van der Waals surface area contributed by atoms with E-state index in [0.29, 0.717) is 36.4 Å². The van der Waals surface area contributed by atoms with Crippen LogP contribution in [0, 0.1) is 6.92 Å². The minimum Gasteiger partial charge on any atom is -0.497 e. The number of likely N-dealkylation sites (N-methyl/N-ethyl adjacent to an activating group) is 1. The van der Waals surface area contributed by atoms with Gasteiger partial charge in [0.1, 0.15) is 17.9 Å². The third-order valence-corrected chi connectivity index (χ3v) is 5.88. The number of carbonyl (C=O) groups is 3. The summed E-state index contributed by atoms with van der Waals surface area (Å²) in [5.74, 6) is -0.744. The largest absolute Gasteiger partial charge is 0.497 e. The summed E-state index contributed by atoms with van der Waals surface area (Å²) in [6, 6.07) is 12.7. The average molecular weight is 455 g/mol. The highest BCUT2D eigenvalue weighted by atomic mass is 16.5. The van der Waals surface area contributed by atoms with Crippen molar-refractivity contribution in [2.75, 3.05) is 32.6 Å². The summed E-state index contributed by atoms with van der Waals surface area (Å²) in [4.78, 5) is 40.0. The molecule has 8 heteroatoms. The number of amides is 1. The molecular weight excluding hydrogens is 424 g/mol. The number of hydrogen-bond donors (Lipinski definition) is 1. The predicted octanol–water partition coefficient (Wildman–Crippen LogP) is 3.33. The van der Waals surface area contributed by atoms with Crippen molar-refractivity contribution in [2.45, 2.75) is 38.8 Å². The number of hydrogen-bond acceptors (Lipinski definition) is 7. The number of aryl methyl sites for hydroxylation is 1. The van der Waals surface area contributed by atoms with E-state index in [0.717, 1.165) is 5.56 Å². The number of esters is 2. The lowest BCUT2D eigenvalue weighted by Gasteiger charge is -2.29. The van der Waals surface area contributed by atoms with Crippen molar-refractivity contribution >= 4 is 23.5 Å². The Balaban J connectivity index is 1.72. The minimum absolute atomic E-state index is 0.00219. The van der Waals surface area contributed by atoms with Gasteiger partial charge in [-0.15, -0.1) is 0 Å². The van der Waals surface area contributed by atoms with E-state index < -0.39 is 17.5 Å². The molecule has 1 amide bonds. The van der Waals surface area contributed by atoms with Crippen LogP contribution in [0.3, 0.4) is 0 Å². The summed E-state index contributed by atoms with van der Waals surface area (Å²) in [5.41, 5.74) is 1.34. The van der Waals surface area contributed by atoms with Crippen LogP contribution in [0.1, 0.15) is 41.3 Å². The van der Waals surface area contributed by atoms with Gasteiger partial charge < -0.3 is 19.5 Å². The van der Waals surface area contributed by atoms with E-state index in [-0.39, 0.29) is 24.6 Å². The van der Waals surface area contributed by atoms with Crippen molar-refractivity contribution in [2.24, 2.45) is 0 Å². The lowest BCUT2D eigenvalue weighted by molar-refractivity contribution is -0.147. The molecular formula is C25H30N2O6. The molecule has 0 unspecified atom stereocenters. The zero-order valence-corrected chi connectivity index (χ0v) is 19.5. The molecule has 0 spiro atoms. The summed E-state index contributed by atoms with van der Waals surface area (Å²) < 4.78 is 15.5. The molecule has 1 saturated carbocycles. The van der Waals surface area contributed by atoms with Gasteiger partial charge >= 0.3 is 11.9 Å². The Morgan fingerprint density at radius 2 is 1.79 bits per heavy atom. The van der Waals surface area contributed by atoms with Crippen LogP contribution in [0.2, 0.25) is 0 Å². The fourth-order valence-corrected chi connectivity index (χ4v) is 3.85. The highest BCUT2D eigenvalue weighted by Crippen LogP contribution is 2.43. The molecule has 0 radical (unpaired) electrons. The summed E-state index contributed by atoms with van der Waals surface area (Å²) in [7, 11) is 2.79. The second-order valence-electron chi connectivity index (χ2n) is 8.00. The Labute approximate surface area is 193 Å². The van der Waals surface area contributed by atoms with Crippen LogP contribution >= 0.6 is 0 Å². The molecule has 0 saturated heterocycles. The average Bonchev–Trinajstić information content (AvgIpc) is 3.64. The van der Waals surface area contributed by atoms with E-state index in [4.69, 9.17) is 14.2 Å². The number of benzene rings is 2. The maximum atomic E-state index is 13.3. The molecule has 8 nitrogen and oxygen atoms in total. The molecule has 1 N–H and O–H groups in total. The Kier molecular flexibility index (Phi) is 7.71. The lowest BCUT2D eigenvalue weighted by atomic mass is 10.1. The maximum Gasteiger partial charge on any atom is 0.340 e. The molecule has 1 aliphatic carbocycles. The molecule has 0 heterocycles. The number of rotatable bonds is 10. The SMILES string of the molecule is CCN(CC(=O)OCc1ccccc1)C1(C(=O)Nc2c(C)cc(OC)cc2C(=O)OC)CC1. The number of nitrogens with one attached hydrogen (secondary N) is 1. The molecule has 0 atom stereocenters. The summed E-state index contributed by atoms with van der Waals surface area (Å²) in [5, 5.41) is 2.90. The van der Waals surface area contributed by atoms with Crippen LogP contribution in [-0.4, -0.2) is 55.6 Å². The number of anilines is 1. The second kappa shape index (κ2) is 10.5. The molecule has 176 valence electrons. The zero-order valence-electron chi connectivity index (χ0n) is 19.5. The Hall–Kier alpha value is -3.39. The van der Waals surface area contributed by atoms with Crippen LogP contribution in [0.15, 0.2) is 42.5 Å². The van der Waals surface area contributed by atoms with Gasteiger partial charge in [0.05, 0.1) is 32.0 Å². The zero-order chi connectivity index (χ0) is 24.0. The van der Waals surface area contributed by atoms with Gasteiger partial charge in [0.2, 0.25) is 5.91 Å². The van der Waals surface area contributed by atoms with Crippen LogP contribution < -0.4 is 10.1 Å². The van der Waals surface area contributed by atoms with Crippen LogP contribution in [0.25, 0.3) is 0 Å². The summed E-state index contributed by atoms with van der Waals surface area (Å²) in [6.45, 7) is 4.37. The number of nitrogens with zero attached hydrogens (tertiary/aromatic N) is 1. The van der Waals surface area contributed by atoms with Gasteiger partial charge in [0.15, 0.2) is 0 Å². The molecule has 0 bridgehead atoms. The first-order valence-corrected chi connectivity index (χ1v) is 10.9. The van der Waals surface area contributed by atoms with Gasteiger partial charge in [-0.3, -0.25) is 14.5 Å². The number of ether oxygens (including phenoxy) is 3. The Bertz CT molecular complexity index is 1020. The molecule has 1 fully saturated rings. The fourth-order valence-electron chi connectivity index (χ4n) is 3.85. The number of carbonyl (C=O) groups excluding carboxylic acids is 3. The van der Waals surface area contributed by atoms with Crippen LogP contribution in [0.5, 0.6) is 5.75 Å². The van der Waals surface area contributed by atoms with E-state index in [1.165, 1.54) is 20.3 Å². The van der Waals surface area contributed by atoms with Gasteiger partial charge in [-0.25, -0.2) is 4.79 Å². The predicted molar refractivity (Wildman–Crippen MR) is 123 cm³/mol. The Morgan fingerprint density at radius 3 is 2.36 bits per heavy atom. The molecule has 1 aliphatic rings. The van der Waals surface area contributed by atoms with Crippen molar-refractivity contribution in [1.82, 2.24) is 4.90 Å². The monoisotopic (exact) mass is 454 g/mol. The highest BCUT2D eigenvalue weighted by molar-refractivity contribution is 6.06. The fraction of sp³-hybridized carbons (Fsp3) is 0.400. The van der Waals surface area contributed by atoms with Gasteiger partial charge in [-0.05, 0) is 49.6 Å². The third kappa shape index (κ3) is 5.51. The molecule has 2 aromatic carbocycles. The first-order chi connectivity index (χ1) is 15.8. The van der Waals surface area contributed by atoms with Crippen molar-refractivity contribution in [1.29, 1.82) is 0 Å². The van der Waals surface area contributed by atoms with Crippen molar-refractivity contribution in [3.05, 3.63) is 59.2 Å². The minimum atomic E-state index is -0.819. The van der Waals surface area contributed by atoms with Gasteiger partial charge in [-0.2, -0.15) is 0 Å². The smallest absolute Gasteiger partial charge is 0.340 e. The van der Waals surface area contributed by atoms with Crippen LogP contribution in [0.4, 0.5) is 5.69 Å². The molecule has 0 aromatic heterocycles. The van der Waals surface area contributed by atoms with E-state index in [9.17, 15) is 14.4 Å². The molecule has 33 heavy (non-hydrogen) atoms. The highest BCUT2D eigenvalue weighted by Gasteiger charge is 2.54.